The van der Waals surface area contributed by atoms with Crippen LogP contribution in [0.25, 0.3) is 0 Å². The normalized spacial score (nSPS) is 14.9. The molecule has 2 amide bonds. The molecule has 2 heterocycles. The van der Waals surface area contributed by atoms with Crippen LogP contribution in [0.1, 0.15) is 12.8 Å². The van der Waals surface area contributed by atoms with E-state index in [0.717, 1.165) is 0 Å². The lowest BCUT2D eigenvalue weighted by atomic mass is 10.4. The first kappa shape index (κ1) is 11.5. The van der Waals surface area contributed by atoms with E-state index in [-0.39, 0.29) is 29.8 Å². The Morgan fingerprint density at radius 2 is 2.12 bits per heavy atom. The summed E-state index contributed by atoms with van der Waals surface area (Å²) in [4.78, 5) is 31.3. The number of pyridine rings is 1. The van der Waals surface area contributed by atoms with Crippen molar-refractivity contribution in [2.75, 3.05) is 5.32 Å². The predicted molar refractivity (Wildman–Crippen MR) is 62.6 cm³/mol. The molecule has 0 atom stereocenters. The van der Waals surface area contributed by atoms with E-state index in [0.29, 0.717) is 10.8 Å². The number of hydroxylamine groups is 2. The summed E-state index contributed by atoms with van der Waals surface area (Å²) in [7, 11) is 0. The smallest absolute Gasteiger partial charge is 0.291 e. The van der Waals surface area contributed by atoms with Crippen LogP contribution in [0.3, 0.4) is 0 Å². The van der Waals surface area contributed by atoms with Crippen LogP contribution in [-0.2, 0) is 14.4 Å². The largest absolute Gasteiger partial charge is 0.338 e. The van der Waals surface area contributed by atoms with Gasteiger partial charge < -0.3 is 10.2 Å². The number of imide groups is 1. The molecule has 0 aliphatic carbocycles. The quantitative estimate of drug-likeness (QED) is 0.621. The fraction of sp³-hybridized carbons (Fsp3) is 0.200. The number of nitrogens with zero attached hydrogens (tertiary/aromatic N) is 2. The minimum absolute atomic E-state index is 0.0680. The molecule has 0 bridgehead atoms. The topological polar surface area (TPSA) is 71.5 Å². The molecule has 1 aliphatic heterocycles. The van der Waals surface area contributed by atoms with Crippen molar-refractivity contribution >= 4 is 34.9 Å². The van der Waals surface area contributed by atoms with Crippen LogP contribution in [0.5, 0.6) is 0 Å². The van der Waals surface area contributed by atoms with Gasteiger partial charge >= 0.3 is 0 Å². The maximum Gasteiger partial charge on any atom is 0.291 e. The molecule has 0 unspecified atom stereocenters. The van der Waals surface area contributed by atoms with Crippen LogP contribution in [-0.4, -0.2) is 27.0 Å². The van der Waals surface area contributed by atoms with Crippen LogP contribution in [0.15, 0.2) is 24.5 Å². The third-order valence-electron chi connectivity index (χ3n) is 2.09. The molecule has 88 valence electrons. The van der Waals surface area contributed by atoms with E-state index < -0.39 is 0 Å². The minimum Gasteiger partial charge on any atom is -0.338 e. The van der Waals surface area contributed by atoms with Gasteiger partial charge in [0.05, 0.1) is 11.9 Å². The van der Waals surface area contributed by atoms with Crippen molar-refractivity contribution in [1.82, 2.24) is 10.0 Å². The summed E-state index contributed by atoms with van der Waals surface area (Å²) in [5.41, 5.74) is 0.622. The van der Waals surface area contributed by atoms with Crippen LogP contribution in [0, 0.1) is 0 Å². The van der Waals surface area contributed by atoms with Gasteiger partial charge in [0.25, 0.3) is 17.0 Å². The lowest BCUT2D eigenvalue weighted by Gasteiger charge is -2.15. The summed E-state index contributed by atoms with van der Waals surface area (Å²) < 4.78 is 0. The van der Waals surface area contributed by atoms with Gasteiger partial charge in [-0.05, 0) is 24.4 Å². The number of carbonyl (C=O) groups is 2. The van der Waals surface area contributed by atoms with Crippen molar-refractivity contribution in [1.29, 1.82) is 0 Å². The van der Waals surface area contributed by atoms with Crippen molar-refractivity contribution in [3.8, 4) is 0 Å². The Bertz CT molecular complexity index is 447. The van der Waals surface area contributed by atoms with Gasteiger partial charge in [0.1, 0.15) is 0 Å². The Balaban J connectivity index is 1.94. The molecule has 6 nitrogen and oxygen atoms in total. The molecule has 0 saturated carbocycles. The molecule has 1 aliphatic rings. The molecule has 7 heteroatoms. The number of hydrogen-bond acceptors (Lipinski definition) is 5. The number of hydrogen-bond donors (Lipinski definition) is 1. The highest BCUT2D eigenvalue weighted by Gasteiger charge is 2.31. The predicted octanol–water partition coefficient (Wildman–Crippen LogP) is 0.859. The number of rotatable bonds is 2. The SMILES string of the molecule is O=C1CCC(=O)N1OC(=S)Nc1cccnc1. The molecule has 1 saturated heterocycles. The van der Waals surface area contributed by atoms with Gasteiger partial charge in [0.2, 0.25) is 0 Å². The van der Waals surface area contributed by atoms with Crippen molar-refractivity contribution in [2.45, 2.75) is 12.8 Å². The highest BCUT2D eigenvalue weighted by molar-refractivity contribution is 7.80. The molecular weight excluding hydrogens is 242 g/mol. The van der Waals surface area contributed by atoms with Gasteiger partial charge in [0.15, 0.2) is 0 Å². The van der Waals surface area contributed by atoms with E-state index in [1.165, 1.54) is 0 Å². The van der Waals surface area contributed by atoms with Gasteiger partial charge in [-0.3, -0.25) is 14.6 Å². The highest BCUT2D eigenvalue weighted by Crippen LogP contribution is 2.13. The van der Waals surface area contributed by atoms with Gasteiger partial charge in [-0.15, -0.1) is 5.06 Å². The highest BCUT2D eigenvalue weighted by atomic mass is 32.1. The number of thiocarbonyl (C=S) groups is 1. The third kappa shape index (κ3) is 2.76. The number of carbonyl (C=O) groups excluding carboxylic acids is 2. The first-order chi connectivity index (χ1) is 8.16. The first-order valence-corrected chi connectivity index (χ1v) is 5.32. The lowest BCUT2D eigenvalue weighted by molar-refractivity contribution is -0.166. The molecule has 0 aromatic carbocycles. The average Bonchev–Trinajstić information content (AvgIpc) is 2.62. The van der Waals surface area contributed by atoms with Crippen molar-refractivity contribution in [3.05, 3.63) is 24.5 Å². The molecule has 17 heavy (non-hydrogen) atoms. The van der Waals surface area contributed by atoms with E-state index >= 15 is 0 Å². The van der Waals surface area contributed by atoms with Crippen molar-refractivity contribution in [3.63, 3.8) is 0 Å². The summed E-state index contributed by atoms with van der Waals surface area (Å²) in [6, 6.07) is 3.45. The van der Waals surface area contributed by atoms with Crippen molar-refractivity contribution < 1.29 is 14.4 Å². The van der Waals surface area contributed by atoms with E-state index in [2.05, 4.69) is 10.3 Å². The Kier molecular flexibility index (Phi) is 3.29. The molecule has 2 rings (SSSR count). The van der Waals surface area contributed by atoms with Crippen molar-refractivity contribution in [2.24, 2.45) is 0 Å². The zero-order valence-corrected chi connectivity index (χ0v) is 9.57. The van der Waals surface area contributed by atoms with Crippen LogP contribution in [0.2, 0.25) is 0 Å². The van der Waals surface area contributed by atoms with E-state index in [9.17, 15) is 9.59 Å². The maximum absolute atomic E-state index is 11.3. The lowest BCUT2D eigenvalue weighted by Crippen LogP contribution is -2.33. The Labute approximate surface area is 103 Å². The first-order valence-electron chi connectivity index (χ1n) is 4.91. The maximum atomic E-state index is 11.3. The molecule has 1 aromatic rings. The Morgan fingerprint density at radius 1 is 1.41 bits per heavy atom. The van der Waals surface area contributed by atoms with Crippen LogP contribution in [0.4, 0.5) is 5.69 Å². The average molecular weight is 251 g/mol. The standard InChI is InChI=1S/C10H9N3O3S/c14-8-3-4-9(15)13(8)16-10(17)12-7-2-1-5-11-6-7/h1-2,5-6H,3-4H2,(H,12,17). The van der Waals surface area contributed by atoms with Gasteiger partial charge in [-0.25, -0.2) is 0 Å². The molecular formula is C10H9N3O3S. The molecule has 1 fully saturated rings. The number of nitrogens with one attached hydrogen (secondary N) is 1. The van der Waals surface area contributed by atoms with Gasteiger partial charge in [-0.2, -0.15) is 0 Å². The fourth-order valence-corrected chi connectivity index (χ4v) is 1.51. The number of anilines is 1. The van der Waals surface area contributed by atoms with Gasteiger partial charge in [-0.1, -0.05) is 0 Å². The van der Waals surface area contributed by atoms with E-state index in [4.69, 9.17) is 17.1 Å². The second-order valence-corrected chi connectivity index (χ2v) is 3.70. The Morgan fingerprint density at radius 3 is 2.71 bits per heavy atom. The summed E-state index contributed by atoms with van der Waals surface area (Å²) in [5.74, 6) is -0.768. The van der Waals surface area contributed by atoms with E-state index in [1.807, 2.05) is 0 Å². The fourth-order valence-electron chi connectivity index (χ4n) is 1.32. The Hall–Kier alpha value is -2.02. The molecule has 1 N–H and O–H groups in total. The number of aromatic nitrogens is 1. The zero-order valence-electron chi connectivity index (χ0n) is 8.75. The van der Waals surface area contributed by atoms with Crippen LogP contribution < -0.4 is 5.32 Å². The summed E-state index contributed by atoms with van der Waals surface area (Å²) >= 11 is 4.87. The summed E-state index contributed by atoms with van der Waals surface area (Å²) in [5, 5.41) is 3.33. The summed E-state index contributed by atoms with van der Waals surface area (Å²) in [6.07, 6.45) is 3.48. The molecule has 0 spiro atoms. The van der Waals surface area contributed by atoms with Crippen LogP contribution >= 0.6 is 12.2 Å². The molecule has 0 radical (unpaired) electrons. The number of amides is 2. The minimum atomic E-state index is -0.384. The summed E-state index contributed by atoms with van der Waals surface area (Å²) in [6.45, 7) is 0. The second kappa shape index (κ2) is 4.88. The zero-order chi connectivity index (χ0) is 12.3. The molecule has 1 aromatic heterocycles. The third-order valence-corrected chi connectivity index (χ3v) is 2.26. The monoisotopic (exact) mass is 251 g/mol. The van der Waals surface area contributed by atoms with E-state index in [1.54, 1.807) is 24.5 Å². The van der Waals surface area contributed by atoms with Gasteiger partial charge in [0, 0.05) is 19.0 Å². The second-order valence-electron chi connectivity index (χ2n) is 3.33.